The molecule has 0 aliphatic heterocycles. The van der Waals surface area contributed by atoms with Crippen LogP contribution in [0.5, 0.6) is 5.75 Å². The molecule has 1 aromatic rings. The fraction of sp³-hybridized carbons (Fsp3) is 0.533. The molecule has 3 nitrogen and oxygen atoms in total. The highest BCUT2D eigenvalue weighted by atomic mass is 35.5. The van der Waals surface area contributed by atoms with Gasteiger partial charge in [0.25, 0.3) is 5.91 Å². The monoisotopic (exact) mass is 301 g/mol. The van der Waals surface area contributed by atoms with E-state index in [1.165, 1.54) is 18.2 Å². The van der Waals surface area contributed by atoms with Crippen molar-refractivity contribution in [3.63, 3.8) is 0 Å². The molecule has 0 spiro atoms. The Balaban J connectivity index is 2.33. The number of halogens is 2. The normalized spacial score (nSPS) is 12.3. The Bertz CT molecular complexity index is 451. The van der Waals surface area contributed by atoms with Gasteiger partial charge in [-0.15, -0.1) is 0 Å². The Morgan fingerprint density at radius 1 is 1.35 bits per heavy atom. The van der Waals surface area contributed by atoms with E-state index in [1.807, 2.05) is 6.92 Å². The zero-order chi connectivity index (χ0) is 15.1. The molecule has 1 rings (SSSR count). The van der Waals surface area contributed by atoms with Crippen LogP contribution in [0.25, 0.3) is 0 Å². The van der Waals surface area contributed by atoms with Gasteiger partial charge in [0.1, 0.15) is 11.6 Å². The molecule has 0 aromatic heterocycles. The molecular formula is C15H21ClFNO2. The Morgan fingerprint density at radius 2 is 2.05 bits per heavy atom. The number of hydrogen-bond acceptors (Lipinski definition) is 2. The Morgan fingerprint density at radius 3 is 2.65 bits per heavy atom. The molecule has 5 heteroatoms. The number of carbonyl (C=O) groups excluding carboxylic acids is 1. The Kier molecular flexibility index (Phi) is 6.79. The summed E-state index contributed by atoms with van der Waals surface area (Å²) < 4.78 is 18.2. The first-order chi connectivity index (χ1) is 9.38. The van der Waals surface area contributed by atoms with E-state index in [4.69, 9.17) is 16.3 Å². The minimum atomic E-state index is -0.509. The Labute approximate surface area is 124 Å². The van der Waals surface area contributed by atoms with Crippen molar-refractivity contribution >= 4 is 17.5 Å². The number of ether oxygens (including phenoxy) is 1. The van der Waals surface area contributed by atoms with Crippen molar-refractivity contribution in [3.05, 3.63) is 29.0 Å². The zero-order valence-electron chi connectivity index (χ0n) is 12.1. The third-order valence-electron chi connectivity index (χ3n) is 2.85. The summed E-state index contributed by atoms with van der Waals surface area (Å²) in [7, 11) is 0. The van der Waals surface area contributed by atoms with Gasteiger partial charge >= 0.3 is 0 Å². The van der Waals surface area contributed by atoms with Crippen LogP contribution in [0.3, 0.4) is 0 Å². The molecule has 1 N–H and O–H groups in total. The highest BCUT2D eigenvalue weighted by Crippen LogP contribution is 2.20. The Hall–Kier alpha value is -1.29. The third-order valence-corrected chi connectivity index (χ3v) is 3.14. The van der Waals surface area contributed by atoms with Crippen LogP contribution in [0.2, 0.25) is 5.02 Å². The number of rotatable bonds is 7. The van der Waals surface area contributed by atoms with Crippen LogP contribution in [-0.2, 0) is 4.79 Å². The van der Waals surface area contributed by atoms with Gasteiger partial charge < -0.3 is 10.1 Å². The molecule has 1 aromatic carbocycles. The molecule has 0 aliphatic carbocycles. The van der Waals surface area contributed by atoms with E-state index < -0.39 is 5.82 Å². The number of amides is 1. The first-order valence-electron chi connectivity index (χ1n) is 6.75. The minimum Gasteiger partial charge on any atom is -0.484 e. The summed E-state index contributed by atoms with van der Waals surface area (Å²) in [6.45, 7) is 6.16. The minimum absolute atomic E-state index is 0.0202. The highest BCUT2D eigenvalue weighted by molar-refractivity contribution is 6.30. The quantitative estimate of drug-likeness (QED) is 0.832. The average Bonchev–Trinajstić information content (AvgIpc) is 2.38. The molecular weight excluding hydrogens is 281 g/mol. The van der Waals surface area contributed by atoms with Crippen LogP contribution in [0.15, 0.2) is 18.2 Å². The molecule has 1 amide bonds. The van der Waals surface area contributed by atoms with Crippen LogP contribution in [-0.4, -0.2) is 18.6 Å². The first kappa shape index (κ1) is 16.8. The lowest BCUT2D eigenvalue weighted by atomic mass is 10.0. The molecule has 0 radical (unpaired) electrons. The second kappa shape index (κ2) is 8.10. The predicted octanol–water partition coefficient (Wildman–Crippen LogP) is 3.80. The van der Waals surface area contributed by atoms with Gasteiger partial charge in [0.05, 0.1) is 5.02 Å². The van der Waals surface area contributed by atoms with Crippen LogP contribution in [0.4, 0.5) is 4.39 Å². The number of hydrogen-bond donors (Lipinski definition) is 1. The highest BCUT2D eigenvalue weighted by Gasteiger charge is 2.09. The summed E-state index contributed by atoms with van der Waals surface area (Å²) in [6, 6.07) is 4.12. The van der Waals surface area contributed by atoms with Gasteiger partial charge in [-0.3, -0.25) is 4.79 Å². The van der Waals surface area contributed by atoms with Crippen molar-refractivity contribution in [1.29, 1.82) is 0 Å². The summed E-state index contributed by atoms with van der Waals surface area (Å²) in [4.78, 5) is 11.7. The van der Waals surface area contributed by atoms with Crippen molar-refractivity contribution in [2.24, 2.45) is 5.92 Å². The topological polar surface area (TPSA) is 38.3 Å². The van der Waals surface area contributed by atoms with Crippen molar-refractivity contribution in [1.82, 2.24) is 5.32 Å². The summed E-state index contributed by atoms with van der Waals surface area (Å²) in [5.41, 5.74) is 0. The smallest absolute Gasteiger partial charge is 0.258 e. The lowest BCUT2D eigenvalue weighted by molar-refractivity contribution is -0.123. The summed E-state index contributed by atoms with van der Waals surface area (Å²) in [5, 5.41) is 2.84. The number of carbonyl (C=O) groups is 1. The van der Waals surface area contributed by atoms with Crippen LogP contribution in [0.1, 0.15) is 33.6 Å². The van der Waals surface area contributed by atoms with Gasteiger partial charge in [-0.25, -0.2) is 4.39 Å². The average molecular weight is 302 g/mol. The van der Waals surface area contributed by atoms with E-state index in [2.05, 4.69) is 19.2 Å². The van der Waals surface area contributed by atoms with E-state index in [0.717, 1.165) is 12.8 Å². The maximum atomic E-state index is 13.0. The third kappa shape index (κ3) is 6.24. The van der Waals surface area contributed by atoms with Gasteiger partial charge in [0.2, 0.25) is 0 Å². The molecule has 1 atom stereocenters. The van der Waals surface area contributed by atoms with Gasteiger partial charge in [0.15, 0.2) is 6.61 Å². The summed E-state index contributed by atoms with van der Waals surface area (Å²) in [5.74, 6) is 0.292. The first-order valence-corrected chi connectivity index (χ1v) is 7.13. The molecule has 0 saturated heterocycles. The van der Waals surface area contributed by atoms with E-state index in [1.54, 1.807) is 0 Å². The second-order valence-corrected chi connectivity index (χ2v) is 5.71. The predicted molar refractivity (Wildman–Crippen MR) is 78.6 cm³/mol. The van der Waals surface area contributed by atoms with Crippen molar-refractivity contribution in [2.75, 3.05) is 6.61 Å². The van der Waals surface area contributed by atoms with E-state index in [-0.39, 0.29) is 23.6 Å². The van der Waals surface area contributed by atoms with E-state index in [0.29, 0.717) is 11.7 Å². The number of nitrogens with one attached hydrogen (secondary N) is 1. The van der Waals surface area contributed by atoms with Crippen LogP contribution >= 0.6 is 11.6 Å². The van der Waals surface area contributed by atoms with Gasteiger partial charge in [-0.2, -0.15) is 0 Å². The maximum Gasteiger partial charge on any atom is 0.258 e. The fourth-order valence-corrected chi connectivity index (χ4v) is 1.86. The van der Waals surface area contributed by atoms with Crippen molar-refractivity contribution in [2.45, 2.75) is 39.7 Å². The molecule has 0 bridgehead atoms. The SMILES string of the molecule is CC(C)CCC(C)NC(=O)COc1ccc(F)c(Cl)c1. The molecule has 1 unspecified atom stereocenters. The fourth-order valence-electron chi connectivity index (χ4n) is 1.69. The number of benzene rings is 1. The van der Waals surface area contributed by atoms with E-state index in [9.17, 15) is 9.18 Å². The maximum absolute atomic E-state index is 13.0. The zero-order valence-corrected chi connectivity index (χ0v) is 12.8. The van der Waals surface area contributed by atoms with Gasteiger partial charge in [-0.05, 0) is 37.8 Å². The molecule has 112 valence electrons. The van der Waals surface area contributed by atoms with E-state index >= 15 is 0 Å². The van der Waals surface area contributed by atoms with Crippen molar-refractivity contribution < 1.29 is 13.9 Å². The largest absolute Gasteiger partial charge is 0.484 e. The molecule has 20 heavy (non-hydrogen) atoms. The summed E-state index contributed by atoms with van der Waals surface area (Å²) in [6.07, 6.45) is 2.00. The van der Waals surface area contributed by atoms with Gasteiger partial charge in [0, 0.05) is 12.1 Å². The molecule has 0 fully saturated rings. The molecule has 0 aliphatic rings. The second-order valence-electron chi connectivity index (χ2n) is 5.30. The van der Waals surface area contributed by atoms with Crippen molar-refractivity contribution in [3.8, 4) is 5.75 Å². The summed E-state index contributed by atoms with van der Waals surface area (Å²) >= 11 is 5.63. The molecule has 0 saturated carbocycles. The lowest BCUT2D eigenvalue weighted by Crippen LogP contribution is -2.36. The van der Waals surface area contributed by atoms with Crippen LogP contribution in [0, 0.1) is 11.7 Å². The van der Waals surface area contributed by atoms with Crippen LogP contribution < -0.4 is 10.1 Å². The standard InChI is InChI=1S/C15H21ClFNO2/c1-10(2)4-5-11(3)18-15(19)9-20-12-6-7-14(17)13(16)8-12/h6-8,10-11H,4-5,9H2,1-3H3,(H,18,19). The van der Waals surface area contributed by atoms with Gasteiger partial charge in [-0.1, -0.05) is 25.4 Å². The molecule has 0 heterocycles. The lowest BCUT2D eigenvalue weighted by Gasteiger charge is -2.15.